The summed E-state index contributed by atoms with van der Waals surface area (Å²) in [5.41, 5.74) is -0.0869. The predicted octanol–water partition coefficient (Wildman–Crippen LogP) is 3.97. The van der Waals surface area contributed by atoms with Crippen LogP contribution >= 0.6 is 11.6 Å². The highest BCUT2D eigenvalue weighted by Crippen LogP contribution is 2.23. The first-order valence-corrected chi connectivity index (χ1v) is 10.9. The highest BCUT2D eigenvalue weighted by Gasteiger charge is 2.20. The molecule has 0 radical (unpaired) electrons. The van der Waals surface area contributed by atoms with E-state index in [0.29, 0.717) is 19.0 Å². The van der Waals surface area contributed by atoms with Crippen LogP contribution in [0.1, 0.15) is 36.9 Å². The molecule has 2 N–H and O–H groups in total. The molecule has 1 aliphatic heterocycles. The number of benzene rings is 1. The zero-order chi connectivity index (χ0) is 24.0. The van der Waals surface area contributed by atoms with Gasteiger partial charge in [0.05, 0.1) is 23.4 Å². The van der Waals surface area contributed by atoms with Gasteiger partial charge in [0.1, 0.15) is 17.5 Å². The number of pyridine rings is 1. The molecule has 3 rings (SSSR count). The summed E-state index contributed by atoms with van der Waals surface area (Å²) < 4.78 is 35.4. The van der Waals surface area contributed by atoms with Crippen molar-refractivity contribution < 1.29 is 18.6 Å². The van der Waals surface area contributed by atoms with Gasteiger partial charge in [0.15, 0.2) is 0 Å². The van der Waals surface area contributed by atoms with Crippen LogP contribution in [0.3, 0.4) is 0 Å². The number of nitrogens with one attached hydrogen (secondary N) is 1. The third-order valence-corrected chi connectivity index (χ3v) is 5.62. The summed E-state index contributed by atoms with van der Waals surface area (Å²) >= 11 is 5.72. The lowest BCUT2D eigenvalue weighted by Crippen LogP contribution is -2.33. The van der Waals surface area contributed by atoms with Gasteiger partial charge in [-0.25, -0.2) is 13.8 Å². The van der Waals surface area contributed by atoms with Crippen molar-refractivity contribution in [2.45, 2.75) is 31.8 Å². The highest BCUT2D eigenvalue weighted by molar-refractivity contribution is 6.30. The van der Waals surface area contributed by atoms with Crippen LogP contribution in [0.15, 0.2) is 64.8 Å². The molecule has 1 aromatic heterocycles. The van der Waals surface area contributed by atoms with E-state index in [4.69, 9.17) is 16.3 Å². The molecular formula is C24H26ClF2N3O3. The molecule has 1 saturated heterocycles. The number of hydrogen-bond donors (Lipinski definition) is 2. The second-order valence-corrected chi connectivity index (χ2v) is 8.03. The van der Waals surface area contributed by atoms with Crippen molar-refractivity contribution in [3.63, 3.8) is 0 Å². The quantitative estimate of drug-likeness (QED) is 0.564. The van der Waals surface area contributed by atoms with Crippen molar-refractivity contribution in [3.05, 3.63) is 93.2 Å². The Hall–Kier alpha value is -2.81. The van der Waals surface area contributed by atoms with Gasteiger partial charge in [0.2, 0.25) is 0 Å². The van der Waals surface area contributed by atoms with Crippen molar-refractivity contribution in [2.75, 3.05) is 19.8 Å². The van der Waals surface area contributed by atoms with Crippen LogP contribution in [0.4, 0.5) is 8.78 Å². The summed E-state index contributed by atoms with van der Waals surface area (Å²) in [4.78, 5) is 17.3. The third-order valence-electron chi connectivity index (χ3n) is 5.32. The lowest BCUT2D eigenvalue weighted by atomic mass is 10.1. The van der Waals surface area contributed by atoms with Crippen LogP contribution in [0.2, 0.25) is 5.02 Å². The van der Waals surface area contributed by atoms with Gasteiger partial charge in [-0.2, -0.15) is 0 Å². The van der Waals surface area contributed by atoms with E-state index in [-0.39, 0.29) is 27.9 Å². The Morgan fingerprint density at radius 3 is 2.73 bits per heavy atom. The summed E-state index contributed by atoms with van der Waals surface area (Å²) in [6.07, 6.45) is 5.87. The van der Waals surface area contributed by atoms with E-state index in [9.17, 15) is 14.3 Å². The molecule has 2 aromatic rings. The molecule has 2 heterocycles. The topological polar surface area (TPSA) is 75.9 Å². The van der Waals surface area contributed by atoms with Gasteiger partial charge in [-0.15, -0.1) is 0 Å². The standard InChI is InChI=1S/C24H26ClF2N3O3/c1-3-4-22(29-15(2)28-17-7-9-33-10-8-17)18-12-24(32)30(13-21(18)27)23(14-31)16-5-6-19(25)20(26)11-16/h3-6,11-13,17,23,28,31H,2,7-10,14H2,1H3/b4-3-,29-22?. The number of rotatable bonds is 8. The molecule has 1 fully saturated rings. The number of aliphatic hydroxyl groups excluding tert-OH is 1. The number of nitrogens with zero attached hydrogens (tertiary/aromatic N) is 2. The first-order valence-electron chi connectivity index (χ1n) is 10.6. The Labute approximate surface area is 195 Å². The number of aliphatic hydroxyl groups is 1. The third kappa shape index (κ3) is 6.16. The molecule has 0 saturated carbocycles. The van der Waals surface area contributed by atoms with Crippen LogP contribution in [-0.4, -0.2) is 41.2 Å². The normalized spacial score (nSPS) is 16.2. The monoisotopic (exact) mass is 477 g/mol. The summed E-state index contributed by atoms with van der Waals surface area (Å²) in [5.74, 6) is -1.07. The average Bonchev–Trinajstić information content (AvgIpc) is 2.79. The number of aromatic nitrogens is 1. The van der Waals surface area contributed by atoms with Gasteiger partial charge >= 0.3 is 0 Å². The Kier molecular flexibility index (Phi) is 8.55. The average molecular weight is 478 g/mol. The second kappa shape index (κ2) is 11.4. The number of aliphatic imine (C=N–C) groups is 1. The van der Waals surface area contributed by atoms with Gasteiger partial charge in [0, 0.05) is 37.1 Å². The maximum atomic E-state index is 15.2. The lowest BCUT2D eigenvalue weighted by Gasteiger charge is -2.24. The fourth-order valence-electron chi connectivity index (χ4n) is 3.64. The van der Waals surface area contributed by atoms with Crippen LogP contribution in [0.5, 0.6) is 0 Å². The molecule has 1 aromatic carbocycles. The summed E-state index contributed by atoms with van der Waals surface area (Å²) in [5, 5.41) is 13.0. The zero-order valence-electron chi connectivity index (χ0n) is 18.2. The fraction of sp³-hybridized carbons (Fsp3) is 0.333. The Morgan fingerprint density at radius 1 is 1.36 bits per heavy atom. The second-order valence-electron chi connectivity index (χ2n) is 7.63. The summed E-state index contributed by atoms with van der Waals surface area (Å²) in [7, 11) is 0. The maximum absolute atomic E-state index is 15.2. The number of halogens is 3. The largest absolute Gasteiger partial charge is 0.394 e. The van der Waals surface area contributed by atoms with Gasteiger partial charge < -0.3 is 19.7 Å². The lowest BCUT2D eigenvalue weighted by molar-refractivity contribution is 0.0803. The number of hydrogen-bond acceptors (Lipinski definition) is 5. The molecule has 1 aliphatic rings. The summed E-state index contributed by atoms with van der Waals surface area (Å²) in [6.45, 7) is 6.41. The molecule has 6 nitrogen and oxygen atoms in total. The maximum Gasteiger partial charge on any atom is 0.252 e. The molecule has 1 unspecified atom stereocenters. The minimum Gasteiger partial charge on any atom is -0.394 e. The predicted molar refractivity (Wildman–Crippen MR) is 125 cm³/mol. The Morgan fingerprint density at radius 2 is 2.09 bits per heavy atom. The number of ether oxygens (including phenoxy) is 1. The van der Waals surface area contributed by atoms with Crippen molar-refractivity contribution in [1.82, 2.24) is 9.88 Å². The molecular weight excluding hydrogens is 452 g/mol. The molecule has 176 valence electrons. The first kappa shape index (κ1) is 24.8. The van der Waals surface area contributed by atoms with Crippen molar-refractivity contribution in [3.8, 4) is 0 Å². The van der Waals surface area contributed by atoms with Crippen molar-refractivity contribution >= 4 is 17.3 Å². The van der Waals surface area contributed by atoms with Crippen LogP contribution < -0.4 is 10.9 Å². The molecule has 9 heteroatoms. The molecule has 33 heavy (non-hydrogen) atoms. The van der Waals surface area contributed by atoms with Crippen LogP contribution in [0, 0.1) is 11.6 Å². The van der Waals surface area contributed by atoms with E-state index in [2.05, 4.69) is 16.9 Å². The Balaban J connectivity index is 1.93. The molecule has 0 amide bonds. The zero-order valence-corrected chi connectivity index (χ0v) is 19.0. The number of allylic oxidation sites excluding steroid dienone is 2. The van der Waals surface area contributed by atoms with E-state index < -0.39 is 29.8 Å². The first-order chi connectivity index (χ1) is 15.8. The van der Waals surface area contributed by atoms with E-state index in [1.54, 1.807) is 19.1 Å². The van der Waals surface area contributed by atoms with Gasteiger partial charge in [-0.1, -0.05) is 30.3 Å². The van der Waals surface area contributed by atoms with E-state index >= 15 is 4.39 Å². The minimum atomic E-state index is -0.986. The van der Waals surface area contributed by atoms with Crippen LogP contribution in [0.25, 0.3) is 0 Å². The van der Waals surface area contributed by atoms with E-state index in [1.807, 2.05) is 0 Å². The SMILES string of the molecule is C=C(N=C(/C=C\C)c1cc(=O)n(C(CO)c2ccc(Cl)c(F)c2)cc1F)NC1CCOCC1. The highest BCUT2D eigenvalue weighted by atomic mass is 35.5. The van der Waals surface area contributed by atoms with Gasteiger partial charge in [-0.3, -0.25) is 4.79 Å². The minimum absolute atomic E-state index is 0.0109. The van der Waals surface area contributed by atoms with Gasteiger partial charge in [-0.05, 0) is 43.5 Å². The van der Waals surface area contributed by atoms with E-state index in [0.717, 1.165) is 35.7 Å². The molecule has 0 aliphatic carbocycles. The molecule has 1 atom stereocenters. The summed E-state index contributed by atoms with van der Waals surface area (Å²) in [6, 6.07) is 4.18. The smallest absolute Gasteiger partial charge is 0.252 e. The Bertz CT molecular complexity index is 1120. The van der Waals surface area contributed by atoms with E-state index in [1.165, 1.54) is 12.1 Å². The fourth-order valence-corrected chi connectivity index (χ4v) is 3.75. The van der Waals surface area contributed by atoms with Gasteiger partial charge in [0.25, 0.3) is 5.56 Å². The van der Waals surface area contributed by atoms with Crippen LogP contribution in [-0.2, 0) is 4.74 Å². The molecule has 0 spiro atoms. The molecule has 0 bridgehead atoms. The van der Waals surface area contributed by atoms with Crippen molar-refractivity contribution in [1.29, 1.82) is 0 Å². The van der Waals surface area contributed by atoms with Crippen molar-refractivity contribution in [2.24, 2.45) is 4.99 Å².